The van der Waals surface area contributed by atoms with E-state index in [2.05, 4.69) is 35.8 Å². The third-order valence-corrected chi connectivity index (χ3v) is 5.98. The standard InChI is InChI=1S/C17H34N4S.HI/c1-15(2)6-9-19-16(18)20-14-17(7-4-3-5-8-17)21-10-12-22-13-11-21;/h15H,3-14H2,1-2H3,(H3,18,19,20);1H. The van der Waals surface area contributed by atoms with Crippen LogP contribution in [-0.2, 0) is 0 Å². The number of thioether (sulfide) groups is 1. The van der Waals surface area contributed by atoms with Crippen LogP contribution in [0.15, 0.2) is 4.99 Å². The van der Waals surface area contributed by atoms with Crippen LogP contribution in [-0.4, -0.2) is 54.1 Å². The molecule has 0 radical (unpaired) electrons. The maximum absolute atomic E-state index is 6.08. The van der Waals surface area contributed by atoms with E-state index in [4.69, 9.17) is 10.7 Å². The molecule has 1 saturated carbocycles. The van der Waals surface area contributed by atoms with Crippen LogP contribution in [0.2, 0.25) is 0 Å². The fraction of sp³-hybridized carbons (Fsp3) is 0.941. The van der Waals surface area contributed by atoms with Crippen LogP contribution in [0, 0.1) is 5.92 Å². The summed E-state index contributed by atoms with van der Waals surface area (Å²) in [7, 11) is 0. The van der Waals surface area contributed by atoms with E-state index in [-0.39, 0.29) is 29.5 Å². The summed E-state index contributed by atoms with van der Waals surface area (Å²) in [5.41, 5.74) is 6.36. The zero-order valence-electron chi connectivity index (χ0n) is 14.9. The molecule has 1 aliphatic heterocycles. The van der Waals surface area contributed by atoms with E-state index in [0.717, 1.165) is 19.5 Å². The molecule has 0 aromatic rings. The molecule has 23 heavy (non-hydrogen) atoms. The minimum Gasteiger partial charge on any atom is -0.370 e. The predicted octanol–water partition coefficient (Wildman–Crippen LogP) is 3.31. The van der Waals surface area contributed by atoms with Crippen LogP contribution in [0.3, 0.4) is 0 Å². The van der Waals surface area contributed by atoms with Crippen molar-refractivity contribution in [1.29, 1.82) is 0 Å². The second-order valence-corrected chi connectivity index (χ2v) is 8.42. The van der Waals surface area contributed by atoms with Crippen molar-refractivity contribution in [1.82, 2.24) is 10.2 Å². The molecule has 2 fully saturated rings. The van der Waals surface area contributed by atoms with Crippen molar-refractivity contribution < 1.29 is 0 Å². The largest absolute Gasteiger partial charge is 0.370 e. The van der Waals surface area contributed by atoms with Crippen LogP contribution in [0.4, 0.5) is 0 Å². The number of hydrogen-bond acceptors (Lipinski definition) is 3. The maximum Gasteiger partial charge on any atom is 0.188 e. The lowest BCUT2D eigenvalue weighted by Gasteiger charge is -2.47. The zero-order valence-corrected chi connectivity index (χ0v) is 18.0. The Morgan fingerprint density at radius 3 is 2.48 bits per heavy atom. The van der Waals surface area contributed by atoms with Crippen molar-refractivity contribution in [2.45, 2.75) is 57.9 Å². The summed E-state index contributed by atoms with van der Waals surface area (Å²) in [5.74, 6) is 3.88. The molecule has 0 atom stereocenters. The van der Waals surface area contributed by atoms with Gasteiger partial charge < -0.3 is 11.1 Å². The first kappa shape index (κ1) is 21.4. The van der Waals surface area contributed by atoms with Crippen molar-refractivity contribution in [3.63, 3.8) is 0 Å². The van der Waals surface area contributed by atoms with Crippen LogP contribution >= 0.6 is 35.7 Å². The molecular formula is C17H35IN4S. The number of nitrogens with two attached hydrogens (primary N) is 1. The molecule has 6 heteroatoms. The minimum atomic E-state index is 0. The Bertz CT molecular complexity index is 351. The van der Waals surface area contributed by atoms with Crippen LogP contribution < -0.4 is 11.1 Å². The molecule has 1 aliphatic carbocycles. The van der Waals surface area contributed by atoms with Gasteiger partial charge in [-0.2, -0.15) is 11.8 Å². The third kappa shape index (κ3) is 6.98. The van der Waals surface area contributed by atoms with Crippen LogP contribution in [0.5, 0.6) is 0 Å². The van der Waals surface area contributed by atoms with E-state index in [1.807, 2.05) is 0 Å². The van der Waals surface area contributed by atoms with Gasteiger partial charge in [0, 0.05) is 36.7 Å². The van der Waals surface area contributed by atoms with Crippen molar-refractivity contribution in [3.8, 4) is 0 Å². The lowest BCUT2D eigenvalue weighted by Crippen LogP contribution is -2.55. The van der Waals surface area contributed by atoms with Crippen molar-refractivity contribution in [2.24, 2.45) is 16.6 Å². The smallest absolute Gasteiger partial charge is 0.188 e. The number of halogens is 1. The summed E-state index contributed by atoms with van der Waals surface area (Å²) in [4.78, 5) is 7.44. The Kier molecular flexibility index (Phi) is 10.2. The highest BCUT2D eigenvalue weighted by molar-refractivity contribution is 14.0. The molecule has 0 bridgehead atoms. The summed E-state index contributed by atoms with van der Waals surface area (Å²) < 4.78 is 0. The van der Waals surface area contributed by atoms with E-state index in [1.54, 1.807) is 0 Å². The summed E-state index contributed by atoms with van der Waals surface area (Å²) in [5, 5.41) is 3.28. The molecule has 0 spiro atoms. The second kappa shape index (κ2) is 11.0. The molecule has 2 aliphatic rings. The Labute approximate surface area is 163 Å². The molecule has 1 heterocycles. The number of nitrogens with zero attached hydrogens (tertiary/aromatic N) is 2. The highest BCUT2D eigenvalue weighted by Crippen LogP contribution is 2.35. The number of aliphatic imine (C=N–C) groups is 1. The van der Waals surface area contributed by atoms with Crippen molar-refractivity contribution in [3.05, 3.63) is 0 Å². The molecule has 0 aromatic carbocycles. The van der Waals surface area contributed by atoms with Gasteiger partial charge in [0.15, 0.2) is 5.96 Å². The molecule has 3 N–H and O–H groups in total. The highest BCUT2D eigenvalue weighted by atomic mass is 127. The lowest BCUT2D eigenvalue weighted by molar-refractivity contribution is 0.0672. The van der Waals surface area contributed by atoms with Gasteiger partial charge in [-0.1, -0.05) is 33.1 Å². The average Bonchev–Trinajstić information content (AvgIpc) is 2.54. The van der Waals surface area contributed by atoms with E-state index >= 15 is 0 Å². The molecule has 0 amide bonds. The number of hydrogen-bond donors (Lipinski definition) is 2. The van der Waals surface area contributed by atoms with Crippen molar-refractivity contribution >= 4 is 41.7 Å². The Morgan fingerprint density at radius 2 is 1.87 bits per heavy atom. The Balaban J connectivity index is 0.00000264. The molecule has 0 aromatic heterocycles. The molecule has 0 unspecified atom stereocenters. The molecular weight excluding hydrogens is 419 g/mol. The van der Waals surface area contributed by atoms with Gasteiger partial charge in [-0.25, -0.2) is 0 Å². The summed E-state index contributed by atoms with van der Waals surface area (Å²) in [6, 6.07) is 0. The quantitative estimate of drug-likeness (QED) is 0.368. The predicted molar refractivity (Wildman–Crippen MR) is 114 cm³/mol. The van der Waals surface area contributed by atoms with Crippen LogP contribution in [0.1, 0.15) is 52.4 Å². The highest BCUT2D eigenvalue weighted by Gasteiger charge is 2.38. The third-order valence-electron chi connectivity index (χ3n) is 5.04. The van der Waals surface area contributed by atoms with Gasteiger partial charge >= 0.3 is 0 Å². The minimum absolute atomic E-state index is 0. The van der Waals surface area contributed by atoms with E-state index in [9.17, 15) is 0 Å². The van der Waals surface area contributed by atoms with Gasteiger partial charge in [0.25, 0.3) is 0 Å². The van der Waals surface area contributed by atoms with Gasteiger partial charge in [0.1, 0.15) is 0 Å². The number of guanidine groups is 1. The fourth-order valence-corrected chi connectivity index (χ4v) is 4.50. The average molecular weight is 454 g/mol. The number of rotatable bonds is 6. The summed E-state index contributed by atoms with van der Waals surface area (Å²) >= 11 is 2.08. The summed E-state index contributed by atoms with van der Waals surface area (Å²) in [6.07, 6.45) is 7.81. The zero-order chi connectivity index (χ0) is 15.8. The molecule has 2 rings (SSSR count). The first-order valence-electron chi connectivity index (χ1n) is 8.99. The second-order valence-electron chi connectivity index (χ2n) is 7.20. The summed E-state index contributed by atoms with van der Waals surface area (Å²) in [6.45, 7) is 8.72. The van der Waals surface area contributed by atoms with Gasteiger partial charge in [-0.15, -0.1) is 24.0 Å². The SMILES string of the molecule is CC(C)CCNC(N)=NCC1(N2CCSCC2)CCCCC1.I. The van der Waals surface area contributed by atoms with Gasteiger partial charge in [-0.3, -0.25) is 9.89 Å². The topological polar surface area (TPSA) is 53.6 Å². The normalized spacial score (nSPS) is 22.7. The monoisotopic (exact) mass is 454 g/mol. The maximum atomic E-state index is 6.08. The molecule has 136 valence electrons. The Morgan fingerprint density at radius 1 is 1.22 bits per heavy atom. The van der Waals surface area contributed by atoms with E-state index in [1.165, 1.54) is 56.7 Å². The first-order chi connectivity index (χ1) is 10.6. The van der Waals surface area contributed by atoms with Crippen LogP contribution in [0.25, 0.3) is 0 Å². The van der Waals surface area contributed by atoms with Gasteiger partial charge in [0.2, 0.25) is 0 Å². The van der Waals surface area contributed by atoms with E-state index in [0.29, 0.717) is 11.9 Å². The molecule has 4 nitrogen and oxygen atoms in total. The van der Waals surface area contributed by atoms with E-state index < -0.39 is 0 Å². The lowest BCUT2D eigenvalue weighted by atomic mass is 9.80. The Hall–Kier alpha value is 0.310. The molecule has 1 saturated heterocycles. The van der Waals surface area contributed by atoms with Crippen molar-refractivity contribution in [2.75, 3.05) is 37.7 Å². The number of nitrogens with one attached hydrogen (secondary N) is 1. The first-order valence-corrected chi connectivity index (χ1v) is 10.1. The van der Waals surface area contributed by atoms with Gasteiger partial charge in [-0.05, 0) is 25.2 Å². The fourth-order valence-electron chi connectivity index (χ4n) is 3.60. The van der Waals surface area contributed by atoms with Gasteiger partial charge in [0.05, 0.1) is 6.54 Å².